The van der Waals surface area contributed by atoms with E-state index in [-0.39, 0.29) is 23.6 Å². The lowest BCUT2D eigenvalue weighted by atomic mass is 10.1. The minimum atomic E-state index is -0.318. The third-order valence-corrected chi connectivity index (χ3v) is 4.76. The number of carbonyl (C=O) groups is 2. The summed E-state index contributed by atoms with van der Waals surface area (Å²) < 4.78 is 0. The number of hydrogen-bond donors (Lipinski definition) is 2. The Bertz CT molecular complexity index is 1060. The lowest BCUT2D eigenvalue weighted by molar-refractivity contribution is -0.114. The molecule has 146 valence electrons. The first-order valence-corrected chi connectivity index (χ1v) is 9.40. The summed E-state index contributed by atoms with van der Waals surface area (Å²) in [6, 6.07) is 16.9. The Morgan fingerprint density at radius 1 is 1.00 bits per heavy atom. The van der Waals surface area contributed by atoms with Crippen molar-refractivity contribution in [2.24, 2.45) is 0 Å². The largest absolute Gasteiger partial charge is 0.326 e. The van der Waals surface area contributed by atoms with Gasteiger partial charge in [-0.25, -0.2) is 9.97 Å². The van der Waals surface area contributed by atoms with Crippen LogP contribution >= 0.6 is 0 Å². The van der Waals surface area contributed by atoms with Gasteiger partial charge >= 0.3 is 0 Å². The van der Waals surface area contributed by atoms with Crippen LogP contribution in [0.2, 0.25) is 0 Å². The third-order valence-electron chi connectivity index (χ3n) is 4.76. The van der Waals surface area contributed by atoms with Crippen LogP contribution < -0.4 is 15.5 Å². The zero-order valence-corrected chi connectivity index (χ0v) is 16.2. The van der Waals surface area contributed by atoms with Crippen molar-refractivity contribution >= 4 is 34.8 Å². The summed E-state index contributed by atoms with van der Waals surface area (Å²) in [5, 5.41) is 5.52. The van der Waals surface area contributed by atoms with Gasteiger partial charge in [-0.2, -0.15) is 0 Å². The Balaban J connectivity index is 1.53. The van der Waals surface area contributed by atoms with Crippen LogP contribution in [0.4, 0.5) is 23.0 Å². The molecule has 3 aromatic rings. The van der Waals surface area contributed by atoms with Gasteiger partial charge in [0.25, 0.3) is 5.91 Å². The van der Waals surface area contributed by atoms with Crippen LogP contribution in [0.5, 0.6) is 0 Å². The van der Waals surface area contributed by atoms with Crippen molar-refractivity contribution < 1.29 is 9.59 Å². The number of fused-ring (bicyclic) bond motifs is 1. The monoisotopic (exact) mass is 387 g/mol. The highest BCUT2D eigenvalue weighted by atomic mass is 16.2. The number of nitrogens with one attached hydrogen (secondary N) is 2. The predicted molar refractivity (Wildman–Crippen MR) is 112 cm³/mol. The fourth-order valence-electron chi connectivity index (χ4n) is 3.50. The van der Waals surface area contributed by atoms with E-state index in [0.717, 1.165) is 12.1 Å². The normalized spacial score (nSPS) is 15.0. The van der Waals surface area contributed by atoms with Crippen LogP contribution in [0.3, 0.4) is 0 Å². The molecule has 2 heterocycles. The van der Waals surface area contributed by atoms with Crippen molar-refractivity contribution in [1.29, 1.82) is 0 Å². The maximum absolute atomic E-state index is 12.7. The first kappa shape index (κ1) is 18.6. The number of carbonyl (C=O) groups excluding carboxylic acids is 2. The van der Waals surface area contributed by atoms with Crippen molar-refractivity contribution in [2.75, 3.05) is 15.5 Å². The van der Waals surface area contributed by atoms with Crippen LogP contribution in [0.25, 0.3) is 0 Å². The van der Waals surface area contributed by atoms with Gasteiger partial charge in [-0.3, -0.25) is 9.59 Å². The number of para-hydroxylation sites is 1. The van der Waals surface area contributed by atoms with Crippen LogP contribution in [0, 0.1) is 0 Å². The molecule has 0 spiro atoms. The smallest absolute Gasteiger partial charge is 0.274 e. The highest BCUT2D eigenvalue weighted by Crippen LogP contribution is 2.36. The van der Waals surface area contributed by atoms with Crippen LogP contribution in [0.1, 0.15) is 29.9 Å². The van der Waals surface area contributed by atoms with Gasteiger partial charge in [-0.15, -0.1) is 0 Å². The lowest BCUT2D eigenvalue weighted by Crippen LogP contribution is -2.26. The molecule has 2 aromatic carbocycles. The fraction of sp³-hybridized carbons (Fsp3) is 0.182. The molecule has 29 heavy (non-hydrogen) atoms. The number of nitrogens with zero attached hydrogens (tertiary/aromatic N) is 3. The van der Waals surface area contributed by atoms with Crippen molar-refractivity contribution in [2.45, 2.75) is 26.3 Å². The maximum atomic E-state index is 12.7. The van der Waals surface area contributed by atoms with Crippen LogP contribution in [0.15, 0.2) is 60.8 Å². The molecule has 1 aliphatic rings. The summed E-state index contributed by atoms with van der Waals surface area (Å²) in [6.45, 7) is 3.56. The molecule has 0 bridgehead atoms. The summed E-state index contributed by atoms with van der Waals surface area (Å²) >= 11 is 0. The zero-order valence-electron chi connectivity index (χ0n) is 16.2. The lowest BCUT2D eigenvalue weighted by Gasteiger charge is -2.22. The van der Waals surface area contributed by atoms with E-state index >= 15 is 0 Å². The van der Waals surface area contributed by atoms with E-state index < -0.39 is 0 Å². The van der Waals surface area contributed by atoms with Crippen LogP contribution in [-0.4, -0.2) is 27.8 Å². The minimum absolute atomic E-state index is 0.145. The summed E-state index contributed by atoms with van der Waals surface area (Å²) in [5.74, 6) is 0.0465. The molecule has 0 radical (unpaired) electrons. The van der Waals surface area contributed by atoms with Crippen LogP contribution in [-0.2, 0) is 11.2 Å². The molecule has 1 atom stereocenters. The van der Waals surface area contributed by atoms with Gasteiger partial charge in [0.2, 0.25) is 11.9 Å². The summed E-state index contributed by atoms with van der Waals surface area (Å²) in [7, 11) is 0. The molecule has 1 aromatic heterocycles. The molecule has 0 saturated carbocycles. The number of rotatable bonds is 4. The molecular weight excluding hydrogens is 366 g/mol. The number of hydrogen-bond acceptors (Lipinski definition) is 5. The Labute approximate surface area is 168 Å². The van der Waals surface area contributed by atoms with Gasteiger partial charge in [-0.1, -0.05) is 18.2 Å². The second-order valence-corrected chi connectivity index (χ2v) is 7.01. The molecule has 2 N–H and O–H groups in total. The SMILES string of the molecule is CC(=O)Nc1ccc(NC(=O)c2ccnc(N3c4ccccc4CC3C)n2)cc1. The molecule has 0 saturated heterocycles. The Morgan fingerprint density at radius 2 is 1.69 bits per heavy atom. The van der Waals surface area contributed by atoms with Gasteiger partial charge in [0.05, 0.1) is 0 Å². The minimum Gasteiger partial charge on any atom is -0.326 e. The molecule has 0 aliphatic carbocycles. The topological polar surface area (TPSA) is 87.2 Å². The average molecular weight is 387 g/mol. The highest BCUT2D eigenvalue weighted by molar-refractivity contribution is 6.03. The van der Waals surface area contributed by atoms with Crippen molar-refractivity contribution in [3.05, 3.63) is 72.1 Å². The van der Waals surface area contributed by atoms with Crippen molar-refractivity contribution in [3.8, 4) is 0 Å². The highest BCUT2D eigenvalue weighted by Gasteiger charge is 2.29. The van der Waals surface area contributed by atoms with Gasteiger partial charge in [0.1, 0.15) is 5.69 Å². The van der Waals surface area contributed by atoms with E-state index in [1.165, 1.54) is 12.5 Å². The zero-order chi connectivity index (χ0) is 20.4. The summed E-state index contributed by atoms with van der Waals surface area (Å²) in [6.07, 6.45) is 2.52. The molecular formula is C22H21N5O2. The first-order chi connectivity index (χ1) is 14.0. The molecule has 2 amide bonds. The van der Waals surface area contributed by atoms with E-state index in [1.807, 2.05) is 18.2 Å². The molecule has 7 nitrogen and oxygen atoms in total. The average Bonchev–Trinajstić information content (AvgIpc) is 3.05. The van der Waals surface area contributed by atoms with Gasteiger partial charge in [0, 0.05) is 36.2 Å². The van der Waals surface area contributed by atoms with E-state index in [2.05, 4.69) is 38.5 Å². The number of benzene rings is 2. The molecule has 1 unspecified atom stereocenters. The van der Waals surface area contributed by atoms with E-state index in [9.17, 15) is 9.59 Å². The Morgan fingerprint density at radius 3 is 2.41 bits per heavy atom. The molecule has 7 heteroatoms. The maximum Gasteiger partial charge on any atom is 0.274 e. The standard InChI is InChI=1S/C22H21N5O2/c1-14-13-16-5-3-4-6-20(16)27(14)22-23-12-11-19(26-22)21(29)25-18-9-7-17(8-10-18)24-15(2)28/h3-12,14H,13H2,1-2H3,(H,24,28)(H,25,29). The Hall–Kier alpha value is -3.74. The van der Waals surface area contributed by atoms with Crippen molar-refractivity contribution in [3.63, 3.8) is 0 Å². The fourth-order valence-corrected chi connectivity index (χ4v) is 3.50. The Kier molecular flexibility index (Phi) is 4.95. The quantitative estimate of drug-likeness (QED) is 0.712. The number of anilines is 4. The second kappa shape index (κ2) is 7.71. The van der Waals surface area contributed by atoms with Gasteiger partial charge in [-0.05, 0) is 55.3 Å². The summed E-state index contributed by atoms with van der Waals surface area (Å²) in [5.41, 5.74) is 3.90. The molecule has 0 fully saturated rings. The third kappa shape index (κ3) is 3.94. The van der Waals surface area contributed by atoms with Gasteiger partial charge in [0.15, 0.2) is 0 Å². The van der Waals surface area contributed by atoms with E-state index in [0.29, 0.717) is 17.3 Å². The van der Waals surface area contributed by atoms with E-state index in [4.69, 9.17) is 0 Å². The number of aromatic nitrogens is 2. The predicted octanol–water partition coefficient (Wildman–Crippen LogP) is 3.77. The van der Waals surface area contributed by atoms with Crippen molar-refractivity contribution in [1.82, 2.24) is 9.97 Å². The number of amides is 2. The summed E-state index contributed by atoms with van der Waals surface area (Å²) in [4.78, 5) is 34.7. The molecule has 4 rings (SSSR count). The van der Waals surface area contributed by atoms with E-state index in [1.54, 1.807) is 36.5 Å². The second-order valence-electron chi connectivity index (χ2n) is 7.01. The molecule has 1 aliphatic heterocycles. The van der Waals surface area contributed by atoms with Gasteiger partial charge < -0.3 is 15.5 Å². The first-order valence-electron chi connectivity index (χ1n) is 9.40.